The van der Waals surface area contributed by atoms with Gasteiger partial charge in [-0.15, -0.1) is 0 Å². The Labute approximate surface area is 148 Å². The Morgan fingerprint density at radius 2 is 2.04 bits per heavy atom. The summed E-state index contributed by atoms with van der Waals surface area (Å²) in [5.41, 5.74) is 0.606. The number of rotatable bonds is 7. The number of amides is 2. The summed E-state index contributed by atoms with van der Waals surface area (Å²) < 4.78 is 10.4. The van der Waals surface area contributed by atoms with Gasteiger partial charge in [0.15, 0.2) is 0 Å². The van der Waals surface area contributed by atoms with Crippen LogP contribution in [0.3, 0.4) is 0 Å². The fourth-order valence-electron chi connectivity index (χ4n) is 3.08. The molecule has 2 N–H and O–H groups in total. The molecule has 1 saturated heterocycles. The van der Waals surface area contributed by atoms with E-state index in [0.717, 1.165) is 25.8 Å². The number of methoxy groups -OCH3 is 2. The molecule has 0 bridgehead atoms. The maximum atomic E-state index is 12.3. The number of likely N-dealkylation sites (tertiary alicyclic amines) is 1. The number of carbonyl (C=O) groups excluding carboxylic acids is 2. The second kappa shape index (κ2) is 9.27. The van der Waals surface area contributed by atoms with Crippen LogP contribution in [0.2, 0.25) is 0 Å². The summed E-state index contributed by atoms with van der Waals surface area (Å²) in [6.07, 6.45) is 3.27. The number of hydrogen-bond donors (Lipinski definition) is 2. The highest BCUT2D eigenvalue weighted by atomic mass is 16.5. The SMILES string of the molecule is CNC(=O)[C@@H]1CCCCN1CCC(=O)Nc1ccc(OC)cc1OC. The minimum Gasteiger partial charge on any atom is -0.497 e. The highest BCUT2D eigenvalue weighted by Crippen LogP contribution is 2.29. The maximum Gasteiger partial charge on any atom is 0.237 e. The molecule has 1 atom stereocenters. The van der Waals surface area contributed by atoms with Crippen LogP contribution in [0.1, 0.15) is 25.7 Å². The molecule has 2 amide bonds. The number of piperidine rings is 1. The van der Waals surface area contributed by atoms with E-state index in [1.807, 2.05) is 0 Å². The van der Waals surface area contributed by atoms with Crippen molar-refractivity contribution in [3.05, 3.63) is 18.2 Å². The molecule has 0 radical (unpaired) electrons. The summed E-state index contributed by atoms with van der Waals surface area (Å²) in [6, 6.07) is 5.11. The van der Waals surface area contributed by atoms with Crippen LogP contribution in [0.15, 0.2) is 18.2 Å². The Morgan fingerprint density at radius 3 is 2.72 bits per heavy atom. The fraction of sp³-hybridized carbons (Fsp3) is 0.556. The van der Waals surface area contributed by atoms with Crippen LogP contribution >= 0.6 is 0 Å². The second-order valence-electron chi connectivity index (χ2n) is 6.03. The van der Waals surface area contributed by atoms with Crippen molar-refractivity contribution < 1.29 is 19.1 Å². The van der Waals surface area contributed by atoms with Crippen molar-refractivity contribution in [2.24, 2.45) is 0 Å². The topological polar surface area (TPSA) is 79.9 Å². The highest BCUT2D eigenvalue weighted by molar-refractivity contribution is 5.92. The molecular formula is C18H27N3O4. The van der Waals surface area contributed by atoms with Crippen molar-refractivity contribution in [1.82, 2.24) is 10.2 Å². The van der Waals surface area contributed by atoms with Crippen LogP contribution in [0.25, 0.3) is 0 Å². The van der Waals surface area contributed by atoms with Gasteiger partial charge < -0.3 is 20.1 Å². The summed E-state index contributed by atoms with van der Waals surface area (Å²) in [5, 5.41) is 5.57. The zero-order valence-corrected chi connectivity index (χ0v) is 15.1. The number of nitrogens with one attached hydrogen (secondary N) is 2. The standard InChI is InChI=1S/C18H27N3O4/c1-19-18(23)15-6-4-5-10-21(15)11-9-17(22)20-14-8-7-13(24-2)12-16(14)25-3/h7-8,12,15H,4-6,9-11H2,1-3H3,(H,19,23)(H,20,22)/t15-/m0/s1. The van der Waals surface area contributed by atoms with E-state index < -0.39 is 0 Å². The minimum atomic E-state index is -0.137. The molecule has 2 rings (SSSR count). The van der Waals surface area contributed by atoms with Crippen LogP contribution in [-0.4, -0.2) is 57.1 Å². The Bertz CT molecular complexity index is 606. The molecule has 0 spiro atoms. The predicted octanol–water partition coefficient (Wildman–Crippen LogP) is 1.63. The summed E-state index contributed by atoms with van der Waals surface area (Å²) >= 11 is 0. The van der Waals surface area contributed by atoms with Gasteiger partial charge in [-0.3, -0.25) is 14.5 Å². The first-order valence-corrected chi connectivity index (χ1v) is 8.56. The monoisotopic (exact) mass is 349 g/mol. The lowest BCUT2D eigenvalue weighted by Crippen LogP contribution is -2.49. The van der Waals surface area contributed by atoms with Gasteiger partial charge in [0.2, 0.25) is 11.8 Å². The molecule has 1 aliphatic heterocycles. The molecule has 0 aromatic heterocycles. The van der Waals surface area contributed by atoms with E-state index in [0.29, 0.717) is 30.2 Å². The van der Waals surface area contributed by atoms with Crippen molar-refractivity contribution in [2.45, 2.75) is 31.7 Å². The molecule has 1 fully saturated rings. The lowest BCUT2D eigenvalue weighted by molar-refractivity contribution is -0.128. The van der Waals surface area contributed by atoms with Crippen molar-refractivity contribution in [3.8, 4) is 11.5 Å². The molecule has 0 aliphatic carbocycles. The molecule has 138 valence electrons. The zero-order valence-electron chi connectivity index (χ0n) is 15.1. The normalized spacial score (nSPS) is 17.6. The van der Waals surface area contributed by atoms with Gasteiger partial charge in [-0.05, 0) is 31.5 Å². The average Bonchev–Trinajstić information content (AvgIpc) is 2.66. The number of ether oxygens (including phenoxy) is 2. The van der Waals surface area contributed by atoms with Gasteiger partial charge >= 0.3 is 0 Å². The number of anilines is 1. The highest BCUT2D eigenvalue weighted by Gasteiger charge is 2.28. The third-order valence-corrected chi connectivity index (χ3v) is 4.47. The summed E-state index contributed by atoms with van der Waals surface area (Å²) in [6.45, 7) is 1.40. The lowest BCUT2D eigenvalue weighted by Gasteiger charge is -2.34. The molecule has 1 aliphatic rings. The third-order valence-electron chi connectivity index (χ3n) is 4.47. The first-order valence-electron chi connectivity index (χ1n) is 8.56. The molecule has 1 aromatic carbocycles. The Morgan fingerprint density at radius 1 is 1.24 bits per heavy atom. The van der Waals surface area contributed by atoms with Gasteiger partial charge in [0, 0.05) is 26.1 Å². The van der Waals surface area contributed by atoms with E-state index in [2.05, 4.69) is 15.5 Å². The van der Waals surface area contributed by atoms with E-state index in [1.165, 1.54) is 0 Å². The summed E-state index contributed by atoms with van der Waals surface area (Å²) in [4.78, 5) is 26.4. The van der Waals surface area contributed by atoms with Gasteiger partial charge in [0.05, 0.1) is 25.9 Å². The molecule has 7 nitrogen and oxygen atoms in total. The first kappa shape index (κ1) is 19.1. The molecule has 25 heavy (non-hydrogen) atoms. The van der Waals surface area contributed by atoms with Gasteiger partial charge in [-0.2, -0.15) is 0 Å². The molecule has 1 heterocycles. The lowest BCUT2D eigenvalue weighted by atomic mass is 10.0. The fourth-order valence-corrected chi connectivity index (χ4v) is 3.08. The Kier molecular flexibility index (Phi) is 7.06. The maximum absolute atomic E-state index is 12.3. The van der Waals surface area contributed by atoms with Gasteiger partial charge in [-0.1, -0.05) is 6.42 Å². The van der Waals surface area contributed by atoms with E-state index in [4.69, 9.17) is 9.47 Å². The van der Waals surface area contributed by atoms with E-state index in [-0.39, 0.29) is 17.9 Å². The molecule has 0 saturated carbocycles. The third kappa shape index (κ3) is 5.09. The zero-order chi connectivity index (χ0) is 18.2. The van der Waals surface area contributed by atoms with Crippen LogP contribution in [0.4, 0.5) is 5.69 Å². The van der Waals surface area contributed by atoms with Gasteiger partial charge in [0.1, 0.15) is 11.5 Å². The van der Waals surface area contributed by atoms with Crippen molar-refractivity contribution >= 4 is 17.5 Å². The van der Waals surface area contributed by atoms with Crippen LogP contribution in [0, 0.1) is 0 Å². The molecular weight excluding hydrogens is 322 g/mol. The van der Waals surface area contributed by atoms with E-state index in [9.17, 15) is 9.59 Å². The van der Waals surface area contributed by atoms with Crippen molar-refractivity contribution in [3.63, 3.8) is 0 Å². The van der Waals surface area contributed by atoms with E-state index in [1.54, 1.807) is 39.5 Å². The largest absolute Gasteiger partial charge is 0.497 e. The smallest absolute Gasteiger partial charge is 0.237 e. The van der Waals surface area contributed by atoms with Crippen molar-refractivity contribution in [1.29, 1.82) is 0 Å². The number of benzene rings is 1. The average molecular weight is 349 g/mol. The molecule has 0 unspecified atom stereocenters. The first-order chi connectivity index (χ1) is 12.1. The Hall–Kier alpha value is -2.28. The predicted molar refractivity (Wildman–Crippen MR) is 96.1 cm³/mol. The molecule has 1 aromatic rings. The van der Waals surface area contributed by atoms with Gasteiger partial charge in [-0.25, -0.2) is 0 Å². The van der Waals surface area contributed by atoms with Crippen LogP contribution in [-0.2, 0) is 9.59 Å². The molecule has 7 heteroatoms. The Balaban J connectivity index is 1.92. The van der Waals surface area contributed by atoms with E-state index >= 15 is 0 Å². The number of nitrogens with zero attached hydrogens (tertiary/aromatic N) is 1. The summed E-state index contributed by atoms with van der Waals surface area (Å²) in [5.74, 6) is 1.13. The minimum absolute atomic E-state index is 0.0249. The second-order valence-corrected chi connectivity index (χ2v) is 6.03. The van der Waals surface area contributed by atoms with Crippen molar-refractivity contribution in [2.75, 3.05) is 39.7 Å². The summed E-state index contributed by atoms with van der Waals surface area (Å²) in [7, 11) is 4.78. The number of hydrogen-bond acceptors (Lipinski definition) is 5. The number of carbonyl (C=O) groups is 2. The van der Waals surface area contributed by atoms with Crippen LogP contribution in [0.5, 0.6) is 11.5 Å². The van der Waals surface area contributed by atoms with Crippen LogP contribution < -0.4 is 20.1 Å². The van der Waals surface area contributed by atoms with Gasteiger partial charge in [0.25, 0.3) is 0 Å². The number of likely N-dealkylation sites (N-methyl/N-ethyl adjacent to an activating group) is 1. The quantitative estimate of drug-likeness (QED) is 0.782.